The van der Waals surface area contributed by atoms with Crippen LogP contribution < -0.4 is 20.7 Å². The van der Waals surface area contributed by atoms with Crippen molar-refractivity contribution in [3.8, 4) is 22.9 Å². The summed E-state index contributed by atoms with van der Waals surface area (Å²) in [6.45, 7) is 2.33. The number of halogens is 1. The number of carbonyl (C=O) groups excluding carboxylic acids is 4. The molecule has 14 heteroatoms. The van der Waals surface area contributed by atoms with Crippen molar-refractivity contribution >= 4 is 35.3 Å². The van der Waals surface area contributed by atoms with Gasteiger partial charge >= 0.3 is 18.0 Å². The fourth-order valence-electron chi connectivity index (χ4n) is 4.37. The van der Waals surface area contributed by atoms with Crippen LogP contribution in [0.1, 0.15) is 22.3 Å². The lowest BCUT2D eigenvalue weighted by Crippen LogP contribution is -2.37. The van der Waals surface area contributed by atoms with Gasteiger partial charge in [-0.2, -0.15) is 0 Å². The fourth-order valence-corrected chi connectivity index (χ4v) is 4.37. The molecule has 0 spiro atoms. The molecule has 0 aliphatic carbocycles. The Morgan fingerprint density at radius 3 is 2.32 bits per heavy atom. The molecule has 0 unspecified atom stereocenters. The quantitative estimate of drug-likeness (QED) is 0.112. The Bertz CT molecular complexity index is 1690. The number of carbonyl (C=O) groups is 4. The second-order valence-corrected chi connectivity index (χ2v) is 10.3. The van der Waals surface area contributed by atoms with Crippen LogP contribution in [0.15, 0.2) is 73.1 Å². The van der Waals surface area contributed by atoms with Crippen molar-refractivity contribution in [3.05, 3.63) is 90.0 Å². The summed E-state index contributed by atoms with van der Waals surface area (Å²) in [5, 5.41) is 7.97. The zero-order chi connectivity index (χ0) is 33.8. The van der Waals surface area contributed by atoms with Gasteiger partial charge in [0.25, 0.3) is 5.91 Å². The Hall–Kier alpha value is -5.76. The van der Waals surface area contributed by atoms with Crippen LogP contribution >= 0.6 is 0 Å². The third-order valence-corrected chi connectivity index (χ3v) is 6.77. The Balaban J connectivity index is 1.28. The minimum absolute atomic E-state index is 0.0734. The predicted octanol–water partition coefficient (Wildman–Crippen LogP) is 4.73. The average molecular weight is 647 g/mol. The van der Waals surface area contributed by atoms with E-state index < -0.39 is 23.8 Å². The molecule has 4 N–H and O–H groups in total. The van der Waals surface area contributed by atoms with E-state index in [4.69, 9.17) is 4.74 Å². The molecule has 0 aliphatic heterocycles. The van der Waals surface area contributed by atoms with Gasteiger partial charge in [-0.05, 0) is 67.4 Å². The standard InChI is InChI=1S/C33H35FN6O7/c1-21-5-10-26(34)27(15-21)39-33(44)38-23-6-8-24(9-7-23)47-25-11-13-35-29(17-25)28-16-22(18-37-28)32(43)36-12-4-14-40(19-30(41)45-2)20-31(42)46-3/h5-11,13,15-18,37H,4,12,14,19-20H2,1-3H3,(H,36,43)(H2,38,39,44). The molecule has 4 aromatic rings. The van der Waals surface area contributed by atoms with Gasteiger partial charge in [-0.15, -0.1) is 0 Å². The minimum atomic E-state index is -0.584. The number of urea groups is 1. The first-order valence-corrected chi connectivity index (χ1v) is 14.5. The molecule has 2 aromatic carbocycles. The molecule has 4 rings (SSSR count). The van der Waals surface area contributed by atoms with Gasteiger partial charge < -0.3 is 35.1 Å². The van der Waals surface area contributed by atoms with Gasteiger partial charge in [0.15, 0.2) is 0 Å². The number of benzene rings is 2. The third-order valence-electron chi connectivity index (χ3n) is 6.77. The summed E-state index contributed by atoms with van der Waals surface area (Å²) >= 11 is 0. The molecule has 0 atom stereocenters. The molecule has 3 amide bonds. The first-order valence-electron chi connectivity index (χ1n) is 14.5. The largest absolute Gasteiger partial charge is 0.468 e. The molecule has 0 saturated heterocycles. The van der Waals surface area contributed by atoms with Gasteiger partial charge in [0.2, 0.25) is 0 Å². The van der Waals surface area contributed by atoms with Crippen LogP contribution in [0.2, 0.25) is 0 Å². The van der Waals surface area contributed by atoms with Gasteiger partial charge in [-0.25, -0.2) is 9.18 Å². The lowest BCUT2D eigenvalue weighted by molar-refractivity contribution is -0.145. The molecule has 0 fully saturated rings. The zero-order valence-corrected chi connectivity index (χ0v) is 26.1. The van der Waals surface area contributed by atoms with Crippen LogP contribution in [0.5, 0.6) is 11.5 Å². The van der Waals surface area contributed by atoms with E-state index in [9.17, 15) is 23.6 Å². The number of ether oxygens (including phenoxy) is 3. The SMILES string of the molecule is COC(=O)CN(CCCNC(=O)c1c[nH]c(-c2cc(Oc3ccc(NC(=O)Nc4cc(C)ccc4F)cc3)ccn2)c1)CC(=O)OC. The average Bonchev–Trinajstić information content (AvgIpc) is 3.56. The third kappa shape index (κ3) is 10.4. The number of methoxy groups -OCH3 is 2. The van der Waals surface area contributed by atoms with Gasteiger partial charge in [0.05, 0.1) is 49.9 Å². The summed E-state index contributed by atoms with van der Waals surface area (Å²) in [6.07, 6.45) is 3.62. The number of nitrogens with zero attached hydrogens (tertiary/aromatic N) is 2. The lowest BCUT2D eigenvalue weighted by atomic mass is 10.2. The highest BCUT2D eigenvalue weighted by molar-refractivity contribution is 6.00. The van der Waals surface area contributed by atoms with E-state index in [1.165, 1.54) is 20.3 Å². The Morgan fingerprint density at radius 2 is 1.62 bits per heavy atom. The van der Waals surface area contributed by atoms with E-state index in [1.54, 1.807) is 78.8 Å². The first kappa shape index (κ1) is 34.1. The van der Waals surface area contributed by atoms with Crippen LogP contribution in [0, 0.1) is 12.7 Å². The van der Waals surface area contributed by atoms with Crippen molar-refractivity contribution in [1.82, 2.24) is 20.2 Å². The number of aryl methyl sites for hydroxylation is 1. The first-order chi connectivity index (χ1) is 22.6. The number of hydrogen-bond acceptors (Lipinski definition) is 9. The van der Waals surface area contributed by atoms with Crippen molar-refractivity contribution in [2.24, 2.45) is 0 Å². The second kappa shape index (κ2) is 16.5. The minimum Gasteiger partial charge on any atom is -0.468 e. The van der Waals surface area contributed by atoms with Gasteiger partial charge in [0, 0.05) is 37.2 Å². The highest BCUT2D eigenvalue weighted by atomic mass is 19.1. The maximum absolute atomic E-state index is 14.0. The molecule has 0 radical (unpaired) electrons. The summed E-state index contributed by atoms with van der Waals surface area (Å²) in [5.74, 6) is -0.804. The Labute approximate surface area is 270 Å². The van der Waals surface area contributed by atoms with Crippen molar-refractivity contribution in [2.45, 2.75) is 13.3 Å². The van der Waals surface area contributed by atoms with E-state index in [0.717, 1.165) is 5.56 Å². The topological polar surface area (TPSA) is 164 Å². The maximum Gasteiger partial charge on any atom is 0.323 e. The summed E-state index contributed by atoms with van der Waals surface area (Å²) < 4.78 is 29.2. The molecule has 0 saturated carbocycles. The highest BCUT2D eigenvalue weighted by Crippen LogP contribution is 2.27. The van der Waals surface area contributed by atoms with E-state index in [0.29, 0.717) is 53.6 Å². The van der Waals surface area contributed by atoms with Gasteiger partial charge in [0.1, 0.15) is 17.3 Å². The second-order valence-electron chi connectivity index (χ2n) is 10.3. The molecule has 47 heavy (non-hydrogen) atoms. The number of aromatic amines is 1. The summed E-state index contributed by atoms with van der Waals surface area (Å²) in [4.78, 5) is 57.3. The number of nitrogens with one attached hydrogen (secondary N) is 4. The smallest absolute Gasteiger partial charge is 0.323 e. The maximum atomic E-state index is 14.0. The zero-order valence-electron chi connectivity index (χ0n) is 26.1. The summed E-state index contributed by atoms with van der Waals surface area (Å²) in [6, 6.07) is 15.6. The molecule has 13 nitrogen and oxygen atoms in total. The van der Waals surface area contributed by atoms with Crippen LogP contribution in [-0.2, 0) is 19.1 Å². The number of rotatable bonds is 14. The number of esters is 2. The number of amides is 3. The monoisotopic (exact) mass is 646 g/mol. The lowest BCUT2D eigenvalue weighted by Gasteiger charge is -2.19. The summed E-state index contributed by atoms with van der Waals surface area (Å²) in [7, 11) is 2.54. The molecular formula is C33H35FN6O7. The van der Waals surface area contributed by atoms with E-state index in [-0.39, 0.29) is 24.7 Å². The Kier molecular flexibility index (Phi) is 12.0. The van der Waals surface area contributed by atoms with Crippen molar-refractivity contribution in [2.75, 3.05) is 51.0 Å². The van der Waals surface area contributed by atoms with Crippen molar-refractivity contribution in [3.63, 3.8) is 0 Å². The van der Waals surface area contributed by atoms with Crippen LogP contribution in [0.4, 0.5) is 20.6 Å². The molecule has 2 heterocycles. The van der Waals surface area contributed by atoms with Crippen LogP contribution in [0.3, 0.4) is 0 Å². The molecule has 0 bridgehead atoms. The normalized spacial score (nSPS) is 10.7. The summed E-state index contributed by atoms with van der Waals surface area (Å²) in [5.41, 5.74) is 2.91. The molecule has 0 aliphatic rings. The predicted molar refractivity (Wildman–Crippen MR) is 172 cm³/mol. The van der Waals surface area contributed by atoms with E-state index in [1.807, 2.05) is 0 Å². The molecular weight excluding hydrogens is 611 g/mol. The molecule has 2 aromatic heterocycles. The van der Waals surface area contributed by atoms with Crippen molar-refractivity contribution < 1.29 is 37.8 Å². The fraction of sp³-hybridized carbons (Fsp3) is 0.242. The van der Waals surface area contributed by atoms with Gasteiger partial charge in [-0.1, -0.05) is 6.07 Å². The number of pyridine rings is 1. The van der Waals surface area contributed by atoms with E-state index in [2.05, 4.69) is 35.4 Å². The molecule has 246 valence electrons. The van der Waals surface area contributed by atoms with Crippen LogP contribution in [0.25, 0.3) is 11.4 Å². The Morgan fingerprint density at radius 1 is 0.894 bits per heavy atom. The number of anilines is 2. The number of hydrogen-bond donors (Lipinski definition) is 4. The highest BCUT2D eigenvalue weighted by Gasteiger charge is 2.16. The van der Waals surface area contributed by atoms with Gasteiger partial charge in [-0.3, -0.25) is 24.3 Å². The van der Waals surface area contributed by atoms with Crippen molar-refractivity contribution in [1.29, 1.82) is 0 Å². The number of aromatic nitrogens is 2. The number of H-pyrrole nitrogens is 1. The van der Waals surface area contributed by atoms with E-state index >= 15 is 0 Å². The van der Waals surface area contributed by atoms with Crippen LogP contribution in [-0.4, -0.2) is 79.1 Å².